The average Bonchev–Trinajstić information content (AvgIpc) is 0.924. The van der Waals surface area contributed by atoms with E-state index in [4.69, 9.17) is 4.74 Å². The summed E-state index contributed by atoms with van der Waals surface area (Å²) in [7, 11) is 0. The van der Waals surface area contributed by atoms with Crippen molar-refractivity contribution in [2.75, 3.05) is 136 Å². The summed E-state index contributed by atoms with van der Waals surface area (Å²) < 4.78 is 33.9. The smallest absolute Gasteiger partial charge is 0.317 e. The molecule has 96 heavy (non-hydrogen) atoms. The summed E-state index contributed by atoms with van der Waals surface area (Å²) in [6, 6.07) is 14.5. The first-order chi connectivity index (χ1) is 45.9. The second kappa shape index (κ2) is 40.3. The molecule has 2 aromatic carbocycles. The molecule has 9 N–H and O–H groups in total. The number of aliphatic hydroxyl groups is 2. The van der Waals surface area contributed by atoms with Crippen LogP contribution in [0.5, 0.6) is 5.75 Å². The number of unbranched alkanes of at least 4 members (excludes halogenated alkanes) is 2. The highest BCUT2D eigenvalue weighted by Gasteiger charge is 2.47. The number of nitriles is 1. The first-order valence-electron chi connectivity index (χ1n) is 33.0. The van der Waals surface area contributed by atoms with E-state index in [0.717, 1.165) is 49.0 Å². The van der Waals surface area contributed by atoms with Gasteiger partial charge < -0.3 is 56.0 Å². The molecule has 4 heterocycles. The Morgan fingerprint density at radius 3 is 2.03 bits per heavy atom. The number of rotatable bonds is 35. The molecule has 6 rings (SSSR count). The molecule has 0 spiro atoms. The summed E-state index contributed by atoms with van der Waals surface area (Å²) in [5.74, 6) is -6.78. The second-order valence-corrected chi connectivity index (χ2v) is 26.0. The molecule has 3 fully saturated rings. The van der Waals surface area contributed by atoms with Crippen molar-refractivity contribution >= 4 is 75.9 Å². The summed E-state index contributed by atoms with van der Waals surface area (Å²) in [5.41, 5.74) is 3.28. The van der Waals surface area contributed by atoms with Crippen LogP contribution in [0.25, 0.3) is 10.9 Å². The third-order valence-electron chi connectivity index (χ3n) is 17.1. The predicted octanol–water partition coefficient (Wildman–Crippen LogP) is 2.57. The molecule has 3 aliphatic rings. The molecule has 1 unspecified atom stereocenters. The van der Waals surface area contributed by atoms with Gasteiger partial charge in [0.15, 0.2) is 0 Å². The van der Waals surface area contributed by atoms with Crippen LogP contribution in [0.3, 0.4) is 0 Å². The van der Waals surface area contributed by atoms with Crippen molar-refractivity contribution in [2.24, 2.45) is 10.9 Å². The first kappa shape index (κ1) is 77.5. The van der Waals surface area contributed by atoms with E-state index in [0.29, 0.717) is 91.6 Å². The Hall–Kier alpha value is -7.50. The van der Waals surface area contributed by atoms with Crippen LogP contribution in [0.2, 0.25) is 0 Å². The molecule has 0 radical (unpaired) electrons. The Labute approximate surface area is 563 Å². The zero-order chi connectivity index (χ0) is 69.6. The number of hydrogen-bond donors (Lipinski definition) is 9. The maximum Gasteiger partial charge on any atom is 0.317 e. The van der Waals surface area contributed by atoms with E-state index in [-0.39, 0.29) is 109 Å². The zero-order valence-electron chi connectivity index (χ0n) is 55.0. The van der Waals surface area contributed by atoms with Gasteiger partial charge in [0.05, 0.1) is 63.3 Å². The maximum atomic E-state index is 13.9. The molecular formula is C66H95F2N13O14S. The Morgan fingerprint density at radius 2 is 1.42 bits per heavy atom. The fourth-order valence-corrected chi connectivity index (χ4v) is 12.6. The highest BCUT2D eigenvalue weighted by atomic mass is 32.2. The number of benzene rings is 2. The second-order valence-electron chi connectivity index (χ2n) is 24.8. The lowest BCUT2D eigenvalue weighted by Gasteiger charge is -2.33. The number of carbonyl (C=O) groups is 8. The number of amides is 5. The highest BCUT2D eigenvalue weighted by Crippen LogP contribution is 2.32. The van der Waals surface area contributed by atoms with Gasteiger partial charge in [0.1, 0.15) is 30.2 Å². The van der Waals surface area contributed by atoms with Gasteiger partial charge in [-0.05, 0) is 107 Å². The molecule has 4 atom stereocenters. The van der Waals surface area contributed by atoms with Crippen LogP contribution < -0.4 is 26.0 Å². The predicted molar refractivity (Wildman–Crippen MR) is 355 cm³/mol. The van der Waals surface area contributed by atoms with Crippen molar-refractivity contribution < 1.29 is 77.4 Å². The first-order valence-corrected chi connectivity index (χ1v) is 34.1. The Kier molecular flexibility index (Phi) is 32.5. The van der Waals surface area contributed by atoms with Crippen LogP contribution in [0.15, 0.2) is 59.7 Å². The number of likely N-dealkylation sites (tertiary alicyclic amines) is 2. The number of aromatic nitrogens is 1. The van der Waals surface area contributed by atoms with E-state index in [9.17, 15) is 77.9 Å². The largest absolute Gasteiger partial charge is 0.494 e. The lowest BCUT2D eigenvalue weighted by Crippen LogP contribution is -2.52. The number of pyridine rings is 1. The standard InChI is InChI=1S/C66H95F2N13O14S/c1-46-12-14-48(15-13-46)9-7-11-57(83)74-47(2)70-21-5-3-10-55(75-58(84)40-76-26-28-77(41-60(86)87)30-32-79(43-62(90)91)33-31-78(29-27-76)42-61(88)89)64(93)72-23-35-96-44-56(82)65(94)80-24-19-49(20-25-80)8-4-6-34-95-51-16-17-54-53(36-51)52(18-22-71-54)63(92)73-39-59(85)81-45-66(67,68)37-50(81)38-69/h12-18,22,36,49-50,55-56,63,73,82,92H,3-11,19-21,23-35,37,39-45H2,1-2H3,(H,72,93)(H,75,84)(H,86,87)(H,88,89)(H,90,91)(H,70,74,83)/t50-,55+,56-,63?/m1/s1. The van der Waals surface area contributed by atoms with Crippen LogP contribution in [-0.2, 0) is 44.8 Å². The third-order valence-corrected chi connectivity index (χ3v) is 18.2. The number of aliphatic imine (C=N–C) groups is 1. The molecule has 30 heteroatoms. The van der Waals surface area contributed by atoms with Gasteiger partial charge in [-0.15, -0.1) is 0 Å². The highest BCUT2D eigenvalue weighted by molar-refractivity contribution is 7.99. The number of carboxylic acid groups (broad SMARTS) is 3. The average molecular weight is 1360 g/mol. The number of nitrogens with zero attached hydrogens (tertiary/aromatic N) is 9. The number of aliphatic carboxylic acids is 3. The lowest BCUT2D eigenvalue weighted by atomic mass is 9.91. The third kappa shape index (κ3) is 27.9. The molecule has 3 aromatic rings. The van der Waals surface area contributed by atoms with Crippen molar-refractivity contribution in [3.05, 3.63) is 71.4 Å². The van der Waals surface area contributed by atoms with Gasteiger partial charge in [-0.25, -0.2) is 8.78 Å². The topological polar surface area (TPSA) is 364 Å². The molecule has 528 valence electrons. The van der Waals surface area contributed by atoms with E-state index in [2.05, 4.69) is 43.4 Å². The minimum atomic E-state index is -3.16. The van der Waals surface area contributed by atoms with Crippen LogP contribution in [0, 0.1) is 24.2 Å². The summed E-state index contributed by atoms with van der Waals surface area (Å²) in [5, 5.41) is 72.0. The number of aryl methyl sites for hydroxylation is 2. The van der Waals surface area contributed by atoms with Gasteiger partial charge in [-0.1, -0.05) is 36.2 Å². The van der Waals surface area contributed by atoms with Gasteiger partial charge in [0, 0.05) is 120 Å². The lowest BCUT2D eigenvalue weighted by molar-refractivity contribution is -0.140. The summed E-state index contributed by atoms with van der Waals surface area (Å²) >= 11 is 1.29. The van der Waals surface area contributed by atoms with Gasteiger partial charge in [-0.3, -0.25) is 73.2 Å². The van der Waals surface area contributed by atoms with Crippen molar-refractivity contribution in [1.82, 2.24) is 55.7 Å². The van der Waals surface area contributed by atoms with E-state index in [1.54, 1.807) is 61.8 Å². The quantitative estimate of drug-likeness (QED) is 0.0177. The Morgan fingerprint density at radius 1 is 0.792 bits per heavy atom. The number of piperidine rings is 1. The van der Waals surface area contributed by atoms with Gasteiger partial charge >= 0.3 is 17.9 Å². The summed E-state index contributed by atoms with van der Waals surface area (Å²) in [6.45, 7) is 4.75. The maximum absolute atomic E-state index is 13.9. The summed E-state index contributed by atoms with van der Waals surface area (Å²) in [4.78, 5) is 120. The zero-order valence-corrected chi connectivity index (χ0v) is 55.8. The molecule has 27 nitrogen and oxygen atoms in total. The number of aliphatic hydroxyl groups excluding tert-OH is 2. The van der Waals surface area contributed by atoms with Crippen molar-refractivity contribution in [2.45, 2.75) is 121 Å². The van der Waals surface area contributed by atoms with Crippen molar-refractivity contribution in [3.8, 4) is 11.8 Å². The number of carbonyl (C=O) groups excluding carboxylic acids is 5. The number of thioether (sulfide) groups is 1. The molecule has 3 aliphatic heterocycles. The fraction of sp³-hybridized carbons (Fsp3) is 0.621. The summed E-state index contributed by atoms with van der Waals surface area (Å²) in [6.07, 6.45) is 5.23. The fourth-order valence-electron chi connectivity index (χ4n) is 11.8. The van der Waals surface area contributed by atoms with Crippen LogP contribution in [0.4, 0.5) is 8.78 Å². The van der Waals surface area contributed by atoms with Crippen LogP contribution in [-0.4, -0.2) is 273 Å². The number of fused-ring (bicyclic) bond motifs is 1. The molecule has 0 saturated carbocycles. The molecular weight excluding hydrogens is 1270 g/mol. The minimum absolute atomic E-state index is 0.0927. The van der Waals surface area contributed by atoms with E-state index < -0.39 is 85.5 Å². The Balaban J connectivity index is 0.933. The van der Waals surface area contributed by atoms with Crippen molar-refractivity contribution in [1.29, 1.82) is 5.26 Å². The molecule has 0 aliphatic carbocycles. The number of halogens is 2. The van der Waals surface area contributed by atoms with Crippen LogP contribution >= 0.6 is 11.8 Å². The van der Waals surface area contributed by atoms with E-state index >= 15 is 0 Å². The van der Waals surface area contributed by atoms with Gasteiger partial charge in [0.2, 0.25) is 23.6 Å². The molecule has 1 aromatic heterocycles. The monoisotopic (exact) mass is 1360 g/mol. The normalized spacial score (nSPS) is 18.3. The van der Waals surface area contributed by atoms with E-state index in [1.165, 1.54) is 23.5 Å². The SMILES string of the molecule is C/C(=N\CCCC[C@H](NC(=O)CN1CCN(CC(=O)O)CCN(CC(=O)O)CCN(CC(=O)O)CC1)C(=O)NCCSC[C@@H](O)C(=O)N1CCC(CCCCOc2ccc3nccc(C(O)NCC(=O)N4CC(F)(F)C[C@@H]4C#N)c3c2)CC1)NC(=O)CCCc1ccc(C)cc1. The number of amidine groups is 1. The number of hydrogen-bond acceptors (Lipinski definition) is 20. The molecule has 5 amide bonds. The molecule has 0 bridgehead atoms. The number of carboxylic acids is 3. The van der Waals surface area contributed by atoms with E-state index in [1.807, 2.05) is 19.1 Å². The molecule has 3 saturated heterocycles. The van der Waals surface area contributed by atoms with Crippen molar-refractivity contribution in [3.63, 3.8) is 0 Å². The van der Waals surface area contributed by atoms with Gasteiger partial charge in [-0.2, -0.15) is 17.0 Å². The number of nitrogens with one attached hydrogen (secondary N) is 4. The van der Waals surface area contributed by atoms with Gasteiger partial charge in [0.25, 0.3) is 11.8 Å². The van der Waals surface area contributed by atoms with Crippen LogP contribution in [0.1, 0.15) is 100 Å². The number of ether oxygens (including phenoxy) is 1. The minimum Gasteiger partial charge on any atom is -0.494 e. The number of alkyl halides is 2. The Bertz CT molecular complexity index is 3090.